The maximum Gasteiger partial charge on any atom is 0.328 e. The van der Waals surface area contributed by atoms with Crippen molar-refractivity contribution in [1.82, 2.24) is 10.6 Å². The first kappa shape index (κ1) is 16.0. The summed E-state index contributed by atoms with van der Waals surface area (Å²) in [5.74, 6) is -1.47. The van der Waals surface area contributed by atoms with Crippen molar-refractivity contribution in [2.24, 2.45) is 0 Å². The fraction of sp³-hybridized carbons (Fsp3) is 0.308. The minimum atomic E-state index is -0.768. The van der Waals surface area contributed by atoms with E-state index in [-0.39, 0.29) is 6.54 Å². The zero-order valence-electron chi connectivity index (χ0n) is 11.1. The molecule has 0 spiro atoms. The molecule has 108 valence electrons. The Morgan fingerprint density at radius 2 is 2.05 bits per heavy atom. The number of amides is 2. The normalized spacial score (nSPS) is 11.3. The Morgan fingerprint density at radius 3 is 2.65 bits per heavy atom. The quantitative estimate of drug-likeness (QED) is 0.786. The van der Waals surface area contributed by atoms with Crippen molar-refractivity contribution < 1.29 is 19.1 Å². The molecule has 6 nitrogen and oxygen atoms in total. The van der Waals surface area contributed by atoms with Crippen LogP contribution in [0.5, 0.6) is 0 Å². The zero-order chi connectivity index (χ0) is 15.1. The number of carbonyl (C=O) groups excluding carboxylic acids is 3. The summed E-state index contributed by atoms with van der Waals surface area (Å²) in [6.07, 6.45) is 0. The molecule has 1 rings (SSSR count). The second kappa shape index (κ2) is 7.49. The Labute approximate surface area is 121 Å². The fourth-order valence-corrected chi connectivity index (χ4v) is 1.61. The van der Waals surface area contributed by atoms with Gasteiger partial charge in [0, 0.05) is 10.6 Å². The first-order valence-corrected chi connectivity index (χ1v) is 6.22. The largest absolute Gasteiger partial charge is 0.467 e. The van der Waals surface area contributed by atoms with Crippen molar-refractivity contribution >= 4 is 29.4 Å². The minimum absolute atomic E-state index is 0.243. The van der Waals surface area contributed by atoms with E-state index in [0.717, 1.165) is 0 Å². The molecule has 0 saturated heterocycles. The van der Waals surface area contributed by atoms with E-state index in [2.05, 4.69) is 15.4 Å². The third-order valence-electron chi connectivity index (χ3n) is 2.43. The van der Waals surface area contributed by atoms with Crippen LogP contribution in [0.1, 0.15) is 17.3 Å². The van der Waals surface area contributed by atoms with E-state index in [9.17, 15) is 14.4 Å². The lowest BCUT2D eigenvalue weighted by atomic mass is 10.2. The van der Waals surface area contributed by atoms with Crippen molar-refractivity contribution in [3.8, 4) is 0 Å². The molecule has 0 saturated carbocycles. The zero-order valence-corrected chi connectivity index (χ0v) is 11.9. The maximum atomic E-state index is 11.7. The van der Waals surface area contributed by atoms with Crippen molar-refractivity contribution in [2.75, 3.05) is 13.7 Å². The van der Waals surface area contributed by atoms with Gasteiger partial charge >= 0.3 is 5.97 Å². The summed E-state index contributed by atoms with van der Waals surface area (Å²) in [6, 6.07) is 5.58. The van der Waals surface area contributed by atoms with Crippen LogP contribution in [0.15, 0.2) is 24.3 Å². The van der Waals surface area contributed by atoms with Crippen LogP contribution in [0, 0.1) is 0 Å². The molecule has 0 fully saturated rings. The molecule has 1 atom stereocenters. The maximum absolute atomic E-state index is 11.7. The SMILES string of the molecule is COC(=O)C(C)NC(=O)CNC(=O)c1cccc(Cl)c1. The van der Waals surface area contributed by atoms with Gasteiger partial charge in [0.05, 0.1) is 13.7 Å². The Kier molecular flexibility index (Phi) is 5.99. The summed E-state index contributed by atoms with van der Waals surface area (Å²) in [4.78, 5) is 34.4. The summed E-state index contributed by atoms with van der Waals surface area (Å²) in [5, 5.41) is 5.25. The predicted octanol–water partition coefficient (Wildman–Crippen LogP) is 0.748. The van der Waals surface area contributed by atoms with Gasteiger partial charge in [0.1, 0.15) is 6.04 Å². The number of nitrogens with one attached hydrogen (secondary N) is 2. The van der Waals surface area contributed by atoms with Crippen LogP contribution in [-0.4, -0.2) is 37.5 Å². The van der Waals surface area contributed by atoms with Crippen LogP contribution >= 0.6 is 11.6 Å². The highest BCUT2D eigenvalue weighted by Crippen LogP contribution is 2.10. The lowest BCUT2D eigenvalue weighted by Crippen LogP contribution is -2.44. The average Bonchev–Trinajstić information content (AvgIpc) is 2.43. The highest BCUT2D eigenvalue weighted by Gasteiger charge is 2.16. The van der Waals surface area contributed by atoms with Crippen LogP contribution in [-0.2, 0) is 14.3 Å². The molecule has 0 aliphatic heterocycles. The number of hydrogen-bond acceptors (Lipinski definition) is 4. The Morgan fingerprint density at radius 1 is 1.35 bits per heavy atom. The number of rotatable bonds is 5. The summed E-state index contributed by atoms with van der Waals surface area (Å²) in [6.45, 7) is 1.25. The predicted molar refractivity (Wildman–Crippen MR) is 73.4 cm³/mol. The fourth-order valence-electron chi connectivity index (χ4n) is 1.42. The average molecular weight is 299 g/mol. The number of carbonyl (C=O) groups is 3. The van der Waals surface area contributed by atoms with E-state index in [4.69, 9.17) is 11.6 Å². The highest BCUT2D eigenvalue weighted by atomic mass is 35.5. The van der Waals surface area contributed by atoms with E-state index >= 15 is 0 Å². The number of hydrogen-bond donors (Lipinski definition) is 2. The van der Waals surface area contributed by atoms with Crippen LogP contribution in [0.4, 0.5) is 0 Å². The topological polar surface area (TPSA) is 84.5 Å². The molecule has 0 radical (unpaired) electrons. The van der Waals surface area contributed by atoms with Gasteiger partial charge in [0.25, 0.3) is 5.91 Å². The van der Waals surface area contributed by atoms with E-state index in [1.165, 1.54) is 20.1 Å². The second-order valence-electron chi connectivity index (χ2n) is 4.01. The number of esters is 1. The Balaban J connectivity index is 2.45. The summed E-state index contributed by atoms with van der Waals surface area (Å²) in [7, 11) is 1.23. The molecule has 0 aromatic heterocycles. The number of ether oxygens (including phenoxy) is 1. The van der Waals surface area contributed by atoms with Gasteiger partial charge < -0.3 is 15.4 Å². The first-order valence-electron chi connectivity index (χ1n) is 5.85. The van der Waals surface area contributed by atoms with Gasteiger partial charge in [-0.05, 0) is 25.1 Å². The standard InChI is InChI=1S/C13H15ClN2O4/c1-8(13(19)20-2)16-11(17)7-15-12(18)9-4-3-5-10(14)6-9/h3-6,8H,7H2,1-2H3,(H,15,18)(H,16,17). The molecule has 7 heteroatoms. The summed E-state index contributed by atoms with van der Waals surface area (Å²) in [5.41, 5.74) is 0.353. The van der Waals surface area contributed by atoms with E-state index in [1.807, 2.05) is 0 Å². The van der Waals surface area contributed by atoms with Crippen LogP contribution in [0.2, 0.25) is 5.02 Å². The number of halogens is 1. The second-order valence-corrected chi connectivity index (χ2v) is 4.44. The van der Waals surface area contributed by atoms with Crippen molar-refractivity contribution in [2.45, 2.75) is 13.0 Å². The molecule has 0 aliphatic carbocycles. The van der Waals surface area contributed by atoms with E-state index in [1.54, 1.807) is 18.2 Å². The molecule has 1 unspecified atom stereocenters. The number of benzene rings is 1. The van der Waals surface area contributed by atoms with Crippen LogP contribution in [0.25, 0.3) is 0 Å². The molecular weight excluding hydrogens is 284 g/mol. The van der Waals surface area contributed by atoms with Crippen LogP contribution < -0.4 is 10.6 Å². The van der Waals surface area contributed by atoms with Gasteiger partial charge in [-0.15, -0.1) is 0 Å². The molecule has 0 aliphatic rings. The van der Waals surface area contributed by atoms with Crippen molar-refractivity contribution in [1.29, 1.82) is 0 Å². The summed E-state index contributed by atoms with van der Waals surface area (Å²) < 4.78 is 4.47. The Bertz CT molecular complexity index is 519. The van der Waals surface area contributed by atoms with E-state index in [0.29, 0.717) is 10.6 Å². The lowest BCUT2D eigenvalue weighted by molar-refractivity contribution is -0.144. The monoisotopic (exact) mass is 298 g/mol. The number of methoxy groups -OCH3 is 1. The minimum Gasteiger partial charge on any atom is -0.467 e. The van der Waals surface area contributed by atoms with Crippen molar-refractivity contribution in [3.05, 3.63) is 34.9 Å². The smallest absolute Gasteiger partial charge is 0.328 e. The Hall–Kier alpha value is -2.08. The highest BCUT2D eigenvalue weighted by molar-refractivity contribution is 6.30. The van der Waals surface area contributed by atoms with Gasteiger partial charge in [0.2, 0.25) is 5.91 Å². The van der Waals surface area contributed by atoms with Gasteiger partial charge in [-0.3, -0.25) is 9.59 Å². The van der Waals surface area contributed by atoms with Gasteiger partial charge in [-0.25, -0.2) is 4.79 Å². The van der Waals surface area contributed by atoms with Crippen molar-refractivity contribution in [3.63, 3.8) is 0 Å². The molecule has 20 heavy (non-hydrogen) atoms. The molecule has 0 bridgehead atoms. The molecule has 1 aromatic carbocycles. The third-order valence-corrected chi connectivity index (χ3v) is 2.66. The molecule has 2 amide bonds. The van der Waals surface area contributed by atoms with Crippen LogP contribution in [0.3, 0.4) is 0 Å². The van der Waals surface area contributed by atoms with Gasteiger partial charge in [-0.1, -0.05) is 17.7 Å². The first-order chi connectivity index (χ1) is 9.43. The third kappa shape index (κ3) is 4.89. The molecule has 1 aromatic rings. The molecular formula is C13H15ClN2O4. The van der Waals surface area contributed by atoms with Gasteiger partial charge in [-0.2, -0.15) is 0 Å². The lowest BCUT2D eigenvalue weighted by Gasteiger charge is -2.12. The molecule has 0 heterocycles. The van der Waals surface area contributed by atoms with E-state index < -0.39 is 23.8 Å². The molecule has 2 N–H and O–H groups in total. The van der Waals surface area contributed by atoms with Gasteiger partial charge in [0.15, 0.2) is 0 Å². The summed E-state index contributed by atoms with van der Waals surface area (Å²) >= 11 is 5.76.